The van der Waals surface area contributed by atoms with E-state index in [2.05, 4.69) is 5.16 Å². The minimum Gasteiger partial charge on any atom is -0.356 e. The average Bonchev–Trinajstić information content (AvgIpc) is 2.84. The lowest BCUT2D eigenvalue weighted by molar-refractivity contribution is -0.143. The van der Waals surface area contributed by atoms with Crippen LogP contribution in [0.3, 0.4) is 0 Å². The van der Waals surface area contributed by atoms with Gasteiger partial charge in [-0.3, -0.25) is 0 Å². The summed E-state index contributed by atoms with van der Waals surface area (Å²) in [5, 5.41) is 3.34. The molecule has 1 aromatic carbocycles. The van der Waals surface area contributed by atoms with Gasteiger partial charge in [0.15, 0.2) is 5.76 Å². The highest BCUT2D eigenvalue weighted by Crippen LogP contribution is 2.39. The average molecular weight is 310 g/mol. The van der Waals surface area contributed by atoms with Gasteiger partial charge < -0.3 is 10.3 Å². The molecule has 0 radical (unpaired) electrons. The summed E-state index contributed by atoms with van der Waals surface area (Å²) < 4.78 is 81.0. The lowest BCUT2D eigenvalue weighted by atomic mass is 10.0. The van der Waals surface area contributed by atoms with E-state index in [4.69, 9.17) is 10.3 Å². The van der Waals surface area contributed by atoms with Crippen molar-refractivity contribution < 1.29 is 30.9 Å². The number of alkyl halides is 6. The predicted octanol–water partition coefficient (Wildman–Crippen LogP) is 3.84. The van der Waals surface area contributed by atoms with Crippen LogP contribution in [0.4, 0.5) is 26.3 Å². The van der Waals surface area contributed by atoms with Gasteiger partial charge in [-0.1, -0.05) is 5.16 Å². The Bertz CT molecular complexity index is 612. The second kappa shape index (κ2) is 5.06. The van der Waals surface area contributed by atoms with Gasteiger partial charge in [-0.15, -0.1) is 0 Å². The molecule has 21 heavy (non-hydrogen) atoms. The Morgan fingerprint density at radius 3 is 1.90 bits per heavy atom. The first kappa shape index (κ1) is 15.4. The Balaban J connectivity index is 2.66. The number of hydrogen-bond acceptors (Lipinski definition) is 3. The molecule has 0 aliphatic rings. The molecule has 3 nitrogen and oxygen atoms in total. The smallest absolute Gasteiger partial charge is 0.356 e. The summed E-state index contributed by atoms with van der Waals surface area (Å²) in [6.07, 6.45) is -8.69. The molecule has 0 atom stereocenters. The molecule has 2 N–H and O–H groups in total. The van der Waals surface area contributed by atoms with Gasteiger partial charge in [-0.2, -0.15) is 26.3 Å². The third-order valence-corrected chi connectivity index (χ3v) is 2.71. The van der Waals surface area contributed by atoms with Crippen molar-refractivity contribution in [1.29, 1.82) is 0 Å². The molecule has 0 amide bonds. The molecule has 2 rings (SSSR count). The summed E-state index contributed by atoms with van der Waals surface area (Å²) in [6, 6.07) is 1.17. The van der Waals surface area contributed by atoms with Gasteiger partial charge in [-0.05, 0) is 18.2 Å². The Labute approximate surface area is 114 Å². The molecule has 9 heteroatoms. The van der Waals surface area contributed by atoms with Gasteiger partial charge in [0.2, 0.25) is 0 Å². The molecule has 0 unspecified atom stereocenters. The quantitative estimate of drug-likeness (QED) is 0.858. The monoisotopic (exact) mass is 310 g/mol. The van der Waals surface area contributed by atoms with E-state index in [0.717, 1.165) is 6.20 Å². The van der Waals surface area contributed by atoms with Crippen molar-refractivity contribution in [3.8, 4) is 11.3 Å². The van der Waals surface area contributed by atoms with Crippen LogP contribution >= 0.6 is 0 Å². The Morgan fingerprint density at radius 1 is 0.952 bits per heavy atom. The van der Waals surface area contributed by atoms with Gasteiger partial charge in [0.25, 0.3) is 0 Å². The molecule has 2 aromatic rings. The van der Waals surface area contributed by atoms with Crippen molar-refractivity contribution >= 4 is 0 Å². The van der Waals surface area contributed by atoms with E-state index in [1.165, 1.54) is 0 Å². The van der Waals surface area contributed by atoms with E-state index in [0.29, 0.717) is 12.1 Å². The zero-order valence-corrected chi connectivity index (χ0v) is 10.2. The highest BCUT2D eigenvalue weighted by Gasteiger charge is 2.37. The van der Waals surface area contributed by atoms with Crippen LogP contribution in [0.15, 0.2) is 28.9 Å². The third kappa shape index (κ3) is 3.18. The first-order valence-corrected chi connectivity index (χ1v) is 5.56. The molecular weight excluding hydrogens is 302 g/mol. The summed E-state index contributed by atoms with van der Waals surface area (Å²) >= 11 is 0. The first-order chi connectivity index (χ1) is 9.63. The highest BCUT2D eigenvalue weighted by molar-refractivity contribution is 5.63. The largest absolute Gasteiger partial charge is 0.416 e. The van der Waals surface area contributed by atoms with E-state index < -0.39 is 23.5 Å². The Hall–Kier alpha value is -2.03. The van der Waals surface area contributed by atoms with E-state index >= 15 is 0 Å². The zero-order chi connectivity index (χ0) is 15.8. The lowest BCUT2D eigenvalue weighted by Crippen LogP contribution is -2.11. The van der Waals surface area contributed by atoms with Crippen molar-refractivity contribution in [2.75, 3.05) is 0 Å². The van der Waals surface area contributed by atoms with Crippen LogP contribution in [-0.4, -0.2) is 5.16 Å². The van der Waals surface area contributed by atoms with Crippen molar-refractivity contribution in [3.63, 3.8) is 0 Å². The summed E-state index contributed by atoms with van der Waals surface area (Å²) in [4.78, 5) is 0. The van der Waals surface area contributed by atoms with Crippen LogP contribution in [0.2, 0.25) is 0 Å². The van der Waals surface area contributed by atoms with Crippen molar-refractivity contribution in [1.82, 2.24) is 5.16 Å². The Kier molecular flexibility index (Phi) is 3.70. The molecule has 0 spiro atoms. The normalized spacial score (nSPS) is 12.7. The van der Waals surface area contributed by atoms with E-state index in [1.54, 1.807) is 0 Å². The number of benzene rings is 1. The minimum atomic E-state index is -4.92. The fourth-order valence-electron chi connectivity index (χ4n) is 1.73. The van der Waals surface area contributed by atoms with E-state index in [-0.39, 0.29) is 29.5 Å². The molecule has 0 fully saturated rings. The molecule has 0 aliphatic carbocycles. The number of halogens is 6. The van der Waals surface area contributed by atoms with Crippen LogP contribution in [0, 0.1) is 0 Å². The topological polar surface area (TPSA) is 52.0 Å². The van der Waals surface area contributed by atoms with Crippen LogP contribution in [0.5, 0.6) is 0 Å². The SMILES string of the molecule is NCc1cnoc1-c1cc(C(F)(F)F)cc(C(F)(F)F)c1. The molecule has 0 saturated heterocycles. The van der Waals surface area contributed by atoms with Crippen LogP contribution in [0.1, 0.15) is 16.7 Å². The van der Waals surface area contributed by atoms with E-state index in [1.807, 2.05) is 0 Å². The lowest BCUT2D eigenvalue weighted by Gasteiger charge is -2.13. The van der Waals surface area contributed by atoms with Crippen molar-refractivity contribution in [2.45, 2.75) is 18.9 Å². The summed E-state index contributed by atoms with van der Waals surface area (Å²) in [6.45, 7) is -0.129. The van der Waals surface area contributed by atoms with Crippen molar-refractivity contribution in [2.24, 2.45) is 5.73 Å². The number of aromatic nitrogens is 1. The van der Waals surface area contributed by atoms with Crippen molar-refractivity contribution in [3.05, 3.63) is 41.1 Å². The first-order valence-electron chi connectivity index (χ1n) is 5.56. The molecule has 1 heterocycles. The van der Waals surface area contributed by atoms with E-state index in [9.17, 15) is 26.3 Å². The number of rotatable bonds is 2. The maximum absolute atomic E-state index is 12.7. The summed E-state index contributed by atoms with van der Waals surface area (Å²) in [5.74, 6) is -0.214. The third-order valence-electron chi connectivity index (χ3n) is 2.71. The summed E-state index contributed by atoms with van der Waals surface area (Å²) in [5.41, 5.74) is 2.32. The van der Waals surface area contributed by atoms with Gasteiger partial charge in [0.05, 0.1) is 17.3 Å². The van der Waals surface area contributed by atoms with Gasteiger partial charge in [0, 0.05) is 17.7 Å². The Morgan fingerprint density at radius 2 is 1.48 bits per heavy atom. The van der Waals surface area contributed by atoms with Crippen LogP contribution in [0.25, 0.3) is 11.3 Å². The van der Waals surface area contributed by atoms with Crippen LogP contribution < -0.4 is 5.73 Å². The fraction of sp³-hybridized carbons (Fsp3) is 0.250. The molecule has 114 valence electrons. The minimum absolute atomic E-state index is 0.0436. The van der Waals surface area contributed by atoms with Gasteiger partial charge in [-0.25, -0.2) is 0 Å². The molecular formula is C12H8F6N2O. The van der Waals surface area contributed by atoms with Gasteiger partial charge in [0.1, 0.15) is 0 Å². The molecule has 0 bridgehead atoms. The van der Waals surface area contributed by atoms with Gasteiger partial charge >= 0.3 is 12.4 Å². The number of nitrogens with zero attached hydrogens (tertiary/aromatic N) is 1. The second-order valence-corrected chi connectivity index (χ2v) is 4.18. The molecule has 0 saturated carbocycles. The maximum Gasteiger partial charge on any atom is 0.416 e. The van der Waals surface area contributed by atoms with Crippen LogP contribution in [-0.2, 0) is 18.9 Å². The molecule has 0 aliphatic heterocycles. The molecule has 1 aromatic heterocycles. The maximum atomic E-state index is 12.7. The second-order valence-electron chi connectivity index (χ2n) is 4.18. The summed E-state index contributed by atoms with van der Waals surface area (Å²) in [7, 11) is 0. The fourth-order valence-corrected chi connectivity index (χ4v) is 1.73. The highest BCUT2D eigenvalue weighted by atomic mass is 19.4. The number of hydrogen-bond donors (Lipinski definition) is 1. The number of nitrogens with two attached hydrogens (primary N) is 1. The predicted molar refractivity (Wildman–Crippen MR) is 59.8 cm³/mol. The standard InChI is InChI=1S/C12H8F6N2O/c13-11(14,15)8-1-6(2-9(3-8)12(16,17)18)10-7(4-19)5-20-21-10/h1-3,5H,4,19H2. The zero-order valence-electron chi connectivity index (χ0n) is 10.2.